The molecular formula is C18H35N3O+2. The van der Waals surface area contributed by atoms with Crippen LogP contribution in [-0.4, -0.2) is 44.2 Å². The molecule has 0 aromatic rings. The Labute approximate surface area is 135 Å². The molecule has 0 aromatic carbocycles. The largest absolute Gasteiger partial charge is 0.345 e. The van der Waals surface area contributed by atoms with Crippen molar-refractivity contribution in [1.82, 2.24) is 5.32 Å². The molecule has 0 spiro atoms. The van der Waals surface area contributed by atoms with Crippen LogP contribution in [0.2, 0.25) is 0 Å². The van der Waals surface area contributed by atoms with Gasteiger partial charge in [0.05, 0.1) is 13.1 Å². The van der Waals surface area contributed by atoms with Crippen molar-refractivity contribution >= 4 is 5.91 Å². The zero-order valence-electron chi connectivity index (χ0n) is 14.7. The average molecular weight is 309 g/mol. The number of nitrogens with one attached hydrogen (secondary N) is 2. The zero-order valence-corrected chi connectivity index (χ0v) is 14.7. The van der Waals surface area contributed by atoms with Crippen molar-refractivity contribution in [2.24, 2.45) is 17.3 Å². The summed E-state index contributed by atoms with van der Waals surface area (Å²) in [5.74, 6) is 1.72. The van der Waals surface area contributed by atoms with Gasteiger partial charge >= 0.3 is 0 Å². The van der Waals surface area contributed by atoms with Gasteiger partial charge in [-0.15, -0.1) is 0 Å². The van der Waals surface area contributed by atoms with E-state index in [4.69, 9.17) is 0 Å². The molecular weight excluding hydrogens is 274 g/mol. The molecule has 4 heteroatoms. The molecule has 22 heavy (non-hydrogen) atoms. The lowest BCUT2D eigenvalue weighted by Crippen LogP contribution is -3.13. The maximum Gasteiger partial charge on any atom is 0.275 e. The number of nitrogens with two attached hydrogens (primary N) is 1. The second kappa shape index (κ2) is 6.12. The van der Waals surface area contributed by atoms with Crippen LogP contribution in [0.15, 0.2) is 0 Å². The Morgan fingerprint density at radius 1 is 1.18 bits per heavy atom. The minimum Gasteiger partial charge on any atom is -0.345 e. The fourth-order valence-electron chi connectivity index (χ4n) is 5.38. The number of hydrogen-bond donors (Lipinski definition) is 3. The van der Waals surface area contributed by atoms with Gasteiger partial charge in [-0.05, 0) is 43.4 Å². The Bertz CT molecular complexity index is 417. The van der Waals surface area contributed by atoms with Crippen LogP contribution in [0.1, 0.15) is 52.9 Å². The molecule has 0 radical (unpaired) electrons. The van der Waals surface area contributed by atoms with E-state index in [9.17, 15) is 4.79 Å². The van der Waals surface area contributed by atoms with E-state index in [1.165, 1.54) is 51.7 Å². The highest BCUT2D eigenvalue weighted by molar-refractivity contribution is 5.77. The maximum absolute atomic E-state index is 12.4. The van der Waals surface area contributed by atoms with Crippen LogP contribution in [0.3, 0.4) is 0 Å². The molecule has 0 unspecified atom stereocenters. The summed E-state index contributed by atoms with van der Waals surface area (Å²) in [6.45, 7) is 12.6. The highest BCUT2D eigenvalue weighted by Crippen LogP contribution is 2.61. The molecule has 3 atom stereocenters. The molecule has 3 aliphatic rings. The predicted octanol–water partition coefficient (Wildman–Crippen LogP) is -0.440. The van der Waals surface area contributed by atoms with Crippen molar-refractivity contribution in [3.8, 4) is 0 Å². The molecule has 2 bridgehead atoms. The van der Waals surface area contributed by atoms with Gasteiger partial charge in [0.2, 0.25) is 0 Å². The quantitative estimate of drug-likeness (QED) is 0.573. The van der Waals surface area contributed by atoms with Crippen LogP contribution in [0.25, 0.3) is 0 Å². The van der Waals surface area contributed by atoms with Crippen LogP contribution >= 0.6 is 0 Å². The number of carbonyl (C=O) groups excluding carboxylic acids is 1. The van der Waals surface area contributed by atoms with Gasteiger partial charge in [-0.25, -0.2) is 0 Å². The standard InChI is InChI=1S/C18H33N3O/c1-17(2)14-6-7-15(12-14)18(17,3)20-16(22)13-19-8-11-21-9-4-5-10-21/h14-15,19H,4-13H2,1-3H3,(H,20,22)/p+2/t14-,15+,18-/m1/s1. The fourth-order valence-corrected chi connectivity index (χ4v) is 5.38. The third-order valence-corrected chi connectivity index (χ3v) is 7.35. The molecule has 0 aromatic heterocycles. The zero-order chi connectivity index (χ0) is 15.8. The second-order valence-electron chi connectivity index (χ2n) is 8.67. The summed E-state index contributed by atoms with van der Waals surface area (Å²) in [5, 5.41) is 5.63. The normalized spacial score (nSPS) is 36.9. The fraction of sp³-hybridized carbons (Fsp3) is 0.944. The SMILES string of the molecule is CC1(C)[C@@H]2CC[C@@H](C2)[C@@]1(C)NC(=O)C[NH2+]CC[NH+]1CCCC1. The summed E-state index contributed by atoms with van der Waals surface area (Å²) in [4.78, 5) is 14.1. The summed E-state index contributed by atoms with van der Waals surface area (Å²) in [6, 6.07) is 0. The van der Waals surface area contributed by atoms with E-state index >= 15 is 0 Å². The average Bonchev–Trinajstić information content (AvgIpc) is 3.16. The van der Waals surface area contributed by atoms with Gasteiger partial charge in [0, 0.05) is 18.4 Å². The lowest BCUT2D eigenvalue weighted by Gasteiger charge is -2.48. The molecule has 126 valence electrons. The van der Waals surface area contributed by atoms with Crippen LogP contribution in [0.5, 0.6) is 0 Å². The van der Waals surface area contributed by atoms with Crippen LogP contribution in [0.4, 0.5) is 0 Å². The summed E-state index contributed by atoms with van der Waals surface area (Å²) in [6.07, 6.45) is 6.73. The van der Waals surface area contributed by atoms with Crippen LogP contribution < -0.4 is 15.5 Å². The van der Waals surface area contributed by atoms with E-state index in [2.05, 4.69) is 31.4 Å². The van der Waals surface area contributed by atoms with Crippen LogP contribution in [-0.2, 0) is 4.79 Å². The third-order valence-electron chi connectivity index (χ3n) is 7.35. The molecule has 2 aliphatic carbocycles. The molecule has 3 fully saturated rings. The minimum atomic E-state index is 0.00103. The Kier molecular flexibility index (Phi) is 4.52. The van der Waals surface area contributed by atoms with Gasteiger partial charge in [-0.1, -0.05) is 13.8 Å². The molecule has 4 N–H and O–H groups in total. The number of likely N-dealkylation sites (tertiary alicyclic amines) is 1. The molecule has 1 saturated heterocycles. The number of quaternary nitrogens is 2. The number of fused-ring (bicyclic) bond motifs is 2. The maximum atomic E-state index is 12.4. The van der Waals surface area contributed by atoms with E-state index in [-0.39, 0.29) is 16.9 Å². The van der Waals surface area contributed by atoms with Crippen molar-refractivity contribution in [3.63, 3.8) is 0 Å². The smallest absolute Gasteiger partial charge is 0.275 e. The molecule has 3 rings (SSSR count). The molecule has 1 aliphatic heterocycles. The van der Waals surface area contributed by atoms with Crippen molar-refractivity contribution < 1.29 is 15.0 Å². The topological polar surface area (TPSA) is 50.1 Å². The van der Waals surface area contributed by atoms with Crippen molar-refractivity contribution in [1.29, 1.82) is 0 Å². The summed E-state index contributed by atoms with van der Waals surface area (Å²) in [5.41, 5.74) is 0.242. The first kappa shape index (κ1) is 16.3. The summed E-state index contributed by atoms with van der Waals surface area (Å²) in [7, 11) is 0. The Morgan fingerprint density at radius 3 is 2.50 bits per heavy atom. The third kappa shape index (κ3) is 2.80. The first-order valence-corrected chi connectivity index (χ1v) is 9.40. The van der Waals surface area contributed by atoms with E-state index in [1.54, 1.807) is 4.90 Å². The summed E-state index contributed by atoms with van der Waals surface area (Å²) >= 11 is 0. The van der Waals surface area contributed by atoms with Gasteiger partial charge in [0.25, 0.3) is 5.91 Å². The number of carbonyl (C=O) groups is 1. The highest BCUT2D eigenvalue weighted by atomic mass is 16.2. The molecule has 1 amide bonds. The molecule has 1 heterocycles. The van der Waals surface area contributed by atoms with Gasteiger partial charge in [-0.3, -0.25) is 4.79 Å². The van der Waals surface area contributed by atoms with E-state index < -0.39 is 0 Å². The summed E-state index contributed by atoms with van der Waals surface area (Å²) < 4.78 is 0. The lowest BCUT2D eigenvalue weighted by molar-refractivity contribution is -0.900. The van der Waals surface area contributed by atoms with Gasteiger partial charge < -0.3 is 15.5 Å². The van der Waals surface area contributed by atoms with E-state index in [0.29, 0.717) is 12.5 Å². The van der Waals surface area contributed by atoms with E-state index in [1.807, 2.05) is 0 Å². The van der Waals surface area contributed by atoms with Gasteiger partial charge in [0.1, 0.15) is 13.1 Å². The van der Waals surface area contributed by atoms with Crippen molar-refractivity contribution in [2.75, 3.05) is 32.7 Å². The predicted molar refractivity (Wildman–Crippen MR) is 87.6 cm³/mol. The first-order chi connectivity index (χ1) is 10.4. The second-order valence-corrected chi connectivity index (χ2v) is 8.67. The Hall–Kier alpha value is -0.610. The van der Waals surface area contributed by atoms with Gasteiger partial charge in [-0.2, -0.15) is 0 Å². The Balaban J connectivity index is 1.43. The van der Waals surface area contributed by atoms with Crippen LogP contribution in [0, 0.1) is 17.3 Å². The lowest BCUT2D eigenvalue weighted by atomic mass is 9.64. The number of rotatable bonds is 6. The molecule has 2 saturated carbocycles. The number of amides is 1. The number of hydrogen-bond acceptors (Lipinski definition) is 1. The van der Waals surface area contributed by atoms with Crippen molar-refractivity contribution in [2.45, 2.75) is 58.4 Å². The van der Waals surface area contributed by atoms with Gasteiger partial charge in [0.15, 0.2) is 6.54 Å². The Morgan fingerprint density at radius 2 is 1.86 bits per heavy atom. The molecule has 4 nitrogen and oxygen atoms in total. The highest BCUT2D eigenvalue weighted by Gasteiger charge is 2.60. The monoisotopic (exact) mass is 309 g/mol. The first-order valence-electron chi connectivity index (χ1n) is 9.40. The minimum absolute atomic E-state index is 0.00103. The van der Waals surface area contributed by atoms with E-state index in [0.717, 1.165) is 12.5 Å². The van der Waals surface area contributed by atoms with Crippen molar-refractivity contribution in [3.05, 3.63) is 0 Å².